The van der Waals surface area contributed by atoms with Crippen LogP contribution in [0.1, 0.15) is 43.0 Å². The summed E-state index contributed by atoms with van der Waals surface area (Å²) in [6.45, 7) is 16.0. The van der Waals surface area contributed by atoms with Crippen molar-refractivity contribution in [2.45, 2.75) is 60.2 Å². The molecule has 5 heteroatoms. The normalized spacial score (nSPS) is 11.6. The van der Waals surface area contributed by atoms with Gasteiger partial charge in [-0.05, 0) is 65.0 Å². The van der Waals surface area contributed by atoms with Crippen molar-refractivity contribution in [2.75, 3.05) is 0 Å². The average molecular weight is 837 g/mol. The molecule has 0 aliphatic carbocycles. The molecule has 7 aromatic rings. The molecule has 49 heavy (non-hydrogen) atoms. The Balaban J connectivity index is 0.000000188. The van der Waals surface area contributed by atoms with E-state index in [0.717, 1.165) is 57.3 Å². The third kappa shape index (κ3) is 8.91. The van der Waals surface area contributed by atoms with Gasteiger partial charge >= 0.3 is 0 Å². The monoisotopic (exact) mass is 837 g/mol. The van der Waals surface area contributed by atoms with Crippen LogP contribution >= 0.6 is 0 Å². The molecule has 0 amide bonds. The molecule has 0 atom stereocenters. The van der Waals surface area contributed by atoms with Gasteiger partial charge in [0.2, 0.25) is 0 Å². The predicted molar refractivity (Wildman–Crippen MR) is 204 cm³/mol. The number of hydrogen-bond acceptors (Lipinski definition) is 3. The summed E-state index contributed by atoms with van der Waals surface area (Å²) in [5, 5.41) is 3.70. The maximum Gasteiger partial charge on any atom is 0.121 e. The maximum atomic E-state index is 6.19. The number of aryl methyl sites for hydroxylation is 1. The van der Waals surface area contributed by atoms with Crippen molar-refractivity contribution < 1.29 is 24.5 Å². The van der Waals surface area contributed by atoms with E-state index in [0.29, 0.717) is 0 Å². The van der Waals surface area contributed by atoms with Crippen LogP contribution in [0.3, 0.4) is 0 Å². The van der Waals surface area contributed by atoms with Crippen molar-refractivity contribution in [1.82, 2.24) is 9.97 Å². The molecule has 3 aromatic heterocycles. The van der Waals surface area contributed by atoms with Crippen molar-refractivity contribution in [3.05, 3.63) is 150 Å². The molecular weight excluding hydrogens is 793 g/mol. The standard InChI is InChI=1S/C23H22NO.C21H22NSi.Ir/c1-15-8-9-17-18-6-5-7-19(22(18)25-21(17)12-15)20-13-16(10-11-24-20)14-23(2,3)4;1-23(2,3)21-16-22-20(18-12-8-5-9-13-18)15-19(21)14-17-10-6-4-7-11-17;/h5-6,8-13H,14H2,1-4H3;4-12,15-16H,14H2,1-3H3;/q2*-1;. The van der Waals surface area contributed by atoms with Crippen molar-refractivity contribution in [3.8, 4) is 22.5 Å². The zero-order chi connectivity index (χ0) is 33.9. The minimum absolute atomic E-state index is 0. The molecular formula is C44H44IrN2OSi-2. The summed E-state index contributed by atoms with van der Waals surface area (Å²) in [4.78, 5) is 9.31. The Morgan fingerprint density at radius 1 is 0.735 bits per heavy atom. The third-order valence-electron chi connectivity index (χ3n) is 8.42. The topological polar surface area (TPSA) is 38.9 Å². The van der Waals surface area contributed by atoms with Crippen LogP contribution in [0.4, 0.5) is 0 Å². The average Bonchev–Trinajstić information content (AvgIpc) is 3.42. The Labute approximate surface area is 306 Å². The van der Waals surface area contributed by atoms with Crippen LogP contribution in [-0.2, 0) is 32.9 Å². The fourth-order valence-corrected chi connectivity index (χ4v) is 7.78. The van der Waals surface area contributed by atoms with Crippen LogP contribution in [0.5, 0.6) is 0 Å². The van der Waals surface area contributed by atoms with Crippen LogP contribution in [0.25, 0.3) is 44.5 Å². The van der Waals surface area contributed by atoms with Crippen molar-refractivity contribution in [2.24, 2.45) is 5.41 Å². The van der Waals surface area contributed by atoms with E-state index in [1.165, 1.54) is 27.4 Å². The second-order valence-electron chi connectivity index (χ2n) is 14.9. The summed E-state index contributed by atoms with van der Waals surface area (Å²) in [7, 11) is -1.43. The van der Waals surface area contributed by atoms with Crippen LogP contribution in [0, 0.1) is 24.5 Å². The first kappa shape index (κ1) is 36.1. The van der Waals surface area contributed by atoms with Gasteiger partial charge in [-0.25, -0.2) is 0 Å². The van der Waals surface area contributed by atoms with Gasteiger partial charge in [0, 0.05) is 37.9 Å². The summed E-state index contributed by atoms with van der Waals surface area (Å²) in [5.74, 6) is 0. The van der Waals surface area contributed by atoms with E-state index in [4.69, 9.17) is 9.40 Å². The van der Waals surface area contributed by atoms with Crippen LogP contribution in [0.2, 0.25) is 19.6 Å². The van der Waals surface area contributed by atoms with E-state index in [1.54, 1.807) is 0 Å². The van der Waals surface area contributed by atoms with Gasteiger partial charge in [-0.1, -0.05) is 117 Å². The summed E-state index contributed by atoms with van der Waals surface area (Å²) < 4.78 is 6.19. The molecule has 0 spiro atoms. The molecule has 4 aromatic carbocycles. The molecule has 0 saturated carbocycles. The fraction of sp³-hybridized carbons (Fsp3) is 0.227. The van der Waals surface area contributed by atoms with E-state index in [-0.39, 0.29) is 25.5 Å². The van der Waals surface area contributed by atoms with Gasteiger partial charge in [-0.15, -0.1) is 54.1 Å². The number of pyridine rings is 2. The predicted octanol–water partition coefficient (Wildman–Crippen LogP) is 11.0. The Kier molecular flexibility index (Phi) is 11.2. The van der Waals surface area contributed by atoms with E-state index in [9.17, 15) is 0 Å². The third-order valence-corrected chi connectivity index (χ3v) is 10.5. The van der Waals surface area contributed by atoms with Gasteiger partial charge in [0.1, 0.15) is 5.58 Å². The molecule has 0 N–H and O–H groups in total. The zero-order valence-electron chi connectivity index (χ0n) is 29.5. The van der Waals surface area contributed by atoms with E-state index in [1.807, 2.05) is 30.5 Å². The molecule has 251 valence electrons. The minimum Gasteiger partial charge on any atom is -0.501 e. The minimum atomic E-state index is -1.43. The number of fused-ring (bicyclic) bond motifs is 3. The van der Waals surface area contributed by atoms with Crippen molar-refractivity contribution in [3.63, 3.8) is 0 Å². The van der Waals surface area contributed by atoms with Gasteiger partial charge in [0.05, 0.1) is 13.7 Å². The SMILES string of the molecule is C[Si](C)(C)c1cnc(-c2[c-]cccc2)cc1Cc1ccccc1.Cc1ccc2c(c1)oc1c(-c3cc(CC(C)(C)C)ccn3)[c-]ccc12.[Ir]. The molecule has 0 saturated heterocycles. The first-order valence-corrected chi connectivity index (χ1v) is 20.2. The van der Waals surface area contributed by atoms with E-state index in [2.05, 4.69) is 150 Å². The maximum absolute atomic E-state index is 6.19. The molecule has 0 bridgehead atoms. The van der Waals surface area contributed by atoms with Crippen LogP contribution < -0.4 is 5.19 Å². The van der Waals surface area contributed by atoms with Gasteiger partial charge in [-0.2, -0.15) is 0 Å². The Morgan fingerprint density at radius 3 is 2.22 bits per heavy atom. The molecule has 7 rings (SSSR count). The zero-order valence-corrected chi connectivity index (χ0v) is 32.9. The van der Waals surface area contributed by atoms with Gasteiger partial charge in [-0.3, -0.25) is 0 Å². The molecule has 3 nitrogen and oxygen atoms in total. The molecule has 0 aliphatic heterocycles. The molecule has 1 radical (unpaired) electrons. The van der Waals surface area contributed by atoms with Crippen molar-refractivity contribution >= 4 is 35.2 Å². The number of furan rings is 1. The first-order valence-electron chi connectivity index (χ1n) is 16.7. The van der Waals surface area contributed by atoms with Crippen molar-refractivity contribution in [1.29, 1.82) is 0 Å². The van der Waals surface area contributed by atoms with Crippen LogP contribution in [0.15, 0.2) is 120 Å². The van der Waals surface area contributed by atoms with E-state index < -0.39 is 8.07 Å². The Hall–Kier alpha value is -4.15. The number of aromatic nitrogens is 2. The largest absolute Gasteiger partial charge is 0.501 e. The fourth-order valence-electron chi connectivity index (χ4n) is 6.21. The summed E-state index contributed by atoms with van der Waals surface area (Å²) in [6, 6.07) is 42.2. The number of hydrogen-bond donors (Lipinski definition) is 0. The summed E-state index contributed by atoms with van der Waals surface area (Å²) >= 11 is 0. The summed E-state index contributed by atoms with van der Waals surface area (Å²) in [6.07, 6.45) is 5.96. The summed E-state index contributed by atoms with van der Waals surface area (Å²) in [5.41, 5.74) is 11.2. The number of benzene rings is 4. The first-order chi connectivity index (χ1) is 22.9. The van der Waals surface area contributed by atoms with Gasteiger partial charge < -0.3 is 14.4 Å². The number of rotatable bonds is 6. The second kappa shape index (κ2) is 15.2. The molecule has 0 unspecified atom stereocenters. The molecule has 3 heterocycles. The quantitative estimate of drug-likeness (QED) is 0.124. The van der Waals surface area contributed by atoms with E-state index >= 15 is 0 Å². The molecule has 0 fully saturated rings. The van der Waals surface area contributed by atoms with Gasteiger partial charge in [0.15, 0.2) is 0 Å². The second-order valence-corrected chi connectivity index (χ2v) is 19.9. The van der Waals surface area contributed by atoms with Crippen LogP contribution in [-0.4, -0.2) is 18.0 Å². The van der Waals surface area contributed by atoms with Gasteiger partial charge in [0.25, 0.3) is 0 Å². The Bertz CT molecular complexity index is 2160. The Morgan fingerprint density at radius 2 is 1.51 bits per heavy atom. The number of nitrogens with zero attached hydrogens (tertiary/aromatic N) is 2. The smallest absolute Gasteiger partial charge is 0.121 e. The molecule has 0 aliphatic rings.